The number of hydrazine groups is 1. The van der Waals surface area contributed by atoms with Crippen LogP contribution in [0.1, 0.15) is 41.6 Å². The van der Waals surface area contributed by atoms with Crippen LogP contribution in [0.4, 0.5) is 0 Å². The van der Waals surface area contributed by atoms with Gasteiger partial charge in [0.25, 0.3) is 11.8 Å². The molecule has 1 fully saturated rings. The number of hydrogen-bond donors (Lipinski definition) is 2. The third-order valence-corrected chi connectivity index (χ3v) is 6.62. The average molecular weight is 518 g/mol. The van der Waals surface area contributed by atoms with Crippen molar-refractivity contribution in [3.05, 3.63) is 69.6 Å². The minimum Gasteiger partial charge on any atom is -0.496 e. The second kappa shape index (κ2) is 12.5. The largest absolute Gasteiger partial charge is 0.496 e. The predicted molar refractivity (Wildman–Crippen MR) is 138 cm³/mol. The van der Waals surface area contributed by atoms with E-state index < -0.39 is 5.91 Å². The molecular weight excluding hydrogens is 494 g/mol. The molecule has 1 aliphatic heterocycles. The maximum atomic E-state index is 12.7. The highest BCUT2D eigenvalue weighted by atomic mass is 35.5. The van der Waals surface area contributed by atoms with Gasteiger partial charge in [0, 0.05) is 18.0 Å². The Hall–Kier alpha value is -2.88. The first-order valence-electron chi connectivity index (χ1n) is 10.6. The fourth-order valence-corrected chi connectivity index (χ4v) is 4.66. The number of hydrogen-bond acceptors (Lipinski definition) is 6. The van der Waals surface area contributed by atoms with Crippen molar-refractivity contribution in [1.29, 1.82) is 0 Å². The molecule has 0 bridgehead atoms. The standard InChI is InChI=1S/C24H24ClN3O4S2/c1-32-19-8-5-4-7-18(19)22(30)27-26-21(29)9-3-2-6-14-28-23(31)20(34-24(28)33)15-16-10-12-17(25)13-11-16/h4-5,7-8,10-13,15H,2-3,6,9,14H2,1H3,(H,26,29)(H,27,30)/b20-15-. The number of unbranched alkanes of at least 4 members (excludes halogenated alkanes) is 2. The summed E-state index contributed by atoms with van der Waals surface area (Å²) >= 11 is 12.5. The van der Waals surface area contributed by atoms with Gasteiger partial charge < -0.3 is 4.74 Å². The van der Waals surface area contributed by atoms with Gasteiger partial charge in [-0.2, -0.15) is 0 Å². The molecule has 10 heteroatoms. The first kappa shape index (κ1) is 25.7. The zero-order valence-electron chi connectivity index (χ0n) is 18.5. The molecule has 1 saturated heterocycles. The van der Waals surface area contributed by atoms with Gasteiger partial charge in [0.05, 0.1) is 17.6 Å². The number of carbonyl (C=O) groups is 3. The average Bonchev–Trinajstić information content (AvgIpc) is 3.10. The van der Waals surface area contributed by atoms with Gasteiger partial charge in [0.2, 0.25) is 5.91 Å². The maximum Gasteiger partial charge on any atom is 0.273 e. The molecule has 2 N–H and O–H groups in total. The fourth-order valence-electron chi connectivity index (χ4n) is 3.22. The Bertz CT molecular complexity index is 1110. The SMILES string of the molecule is COc1ccccc1C(=O)NNC(=O)CCCCCN1C(=O)/C(=C/c2ccc(Cl)cc2)SC1=S. The van der Waals surface area contributed by atoms with E-state index in [1.807, 2.05) is 12.1 Å². The van der Waals surface area contributed by atoms with Crippen LogP contribution < -0.4 is 15.6 Å². The Morgan fingerprint density at radius 1 is 1.09 bits per heavy atom. The van der Waals surface area contributed by atoms with E-state index in [2.05, 4.69) is 10.9 Å². The molecule has 1 aliphatic rings. The number of thiocarbonyl (C=S) groups is 1. The molecule has 0 saturated carbocycles. The molecule has 34 heavy (non-hydrogen) atoms. The van der Waals surface area contributed by atoms with Crippen molar-refractivity contribution in [3.8, 4) is 5.75 Å². The maximum absolute atomic E-state index is 12.7. The smallest absolute Gasteiger partial charge is 0.273 e. The molecule has 7 nitrogen and oxygen atoms in total. The van der Waals surface area contributed by atoms with E-state index in [0.717, 1.165) is 12.0 Å². The normalized spacial score (nSPS) is 14.4. The van der Waals surface area contributed by atoms with Crippen molar-refractivity contribution < 1.29 is 19.1 Å². The lowest BCUT2D eigenvalue weighted by atomic mass is 10.1. The molecule has 0 aliphatic carbocycles. The van der Waals surface area contributed by atoms with Crippen LogP contribution in [0.5, 0.6) is 5.75 Å². The van der Waals surface area contributed by atoms with E-state index in [1.54, 1.807) is 47.4 Å². The van der Waals surface area contributed by atoms with Gasteiger partial charge in [0.15, 0.2) is 0 Å². The number of para-hydroxylation sites is 1. The topological polar surface area (TPSA) is 87.7 Å². The highest BCUT2D eigenvalue weighted by Gasteiger charge is 2.31. The summed E-state index contributed by atoms with van der Waals surface area (Å²) in [6.45, 7) is 0.495. The molecule has 0 atom stereocenters. The van der Waals surface area contributed by atoms with Gasteiger partial charge in [-0.3, -0.25) is 30.1 Å². The highest BCUT2D eigenvalue weighted by Crippen LogP contribution is 2.33. The number of carbonyl (C=O) groups excluding carboxylic acids is 3. The van der Waals surface area contributed by atoms with Gasteiger partial charge in [-0.15, -0.1) is 0 Å². The first-order valence-corrected chi connectivity index (χ1v) is 12.2. The van der Waals surface area contributed by atoms with E-state index in [1.165, 1.54) is 18.9 Å². The van der Waals surface area contributed by atoms with Crippen LogP contribution in [-0.2, 0) is 9.59 Å². The molecule has 2 aromatic rings. The van der Waals surface area contributed by atoms with Crippen LogP contribution >= 0.6 is 35.6 Å². The molecule has 3 rings (SSSR count). The van der Waals surface area contributed by atoms with E-state index >= 15 is 0 Å². The van der Waals surface area contributed by atoms with Crippen LogP contribution in [0.3, 0.4) is 0 Å². The number of nitrogens with one attached hydrogen (secondary N) is 2. The van der Waals surface area contributed by atoms with E-state index in [0.29, 0.717) is 44.9 Å². The summed E-state index contributed by atoms with van der Waals surface area (Å²) in [7, 11) is 1.47. The fraction of sp³-hybridized carbons (Fsp3) is 0.250. The summed E-state index contributed by atoms with van der Waals surface area (Å²) in [6, 6.07) is 14.0. The number of rotatable bonds is 9. The Labute approximate surface area is 212 Å². The van der Waals surface area contributed by atoms with Crippen molar-refractivity contribution in [2.45, 2.75) is 25.7 Å². The molecule has 0 aromatic heterocycles. The molecule has 178 valence electrons. The number of benzene rings is 2. The van der Waals surface area contributed by atoms with Gasteiger partial charge in [-0.1, -0.05) is 66.3 Å². The minimum atomic E-state index is -0.452. The molecule has 3 amide bonds. The number of thioether (sulfide) groups is 1. The Morgan fingerprint density at radius 3 is 2.56 bits per heavy atom. The number of amides is 3. The zero-order chi connectivity index (χ0) is 24.5. The molecular formula is C24H24ClN3O4S2. The molecule has 2 aromatic carbocycles. The van der Waals surface area contributed by atoms with E-state index in [4.69, 9.17) is 28.6 Å². The Kier molecular flexibility index (Phi) is 9.50. The van der Waals surface area contributed by atoms with Crippen molar-refractivity contribution in [2.24, 2.45) is 0 Å². The van der Waals surface area contributed by atoms with Crippen LogP contribution in [-0.4, -0.2) is 40.6 Å². The van der Waals surface area contributed by atoms with Gasteiger partial charge in [0.1, 0.15) is 10.1 Å². The monoisotopic (exact) mass is 517 g/mol. The van der Waals surface area contributed by atoms with Gasteiger partial charge >= 0.3 is 0 Å². The first-order chi connectivity index (χ1) is 16.4. The summed E-state index contributed by atoms with van der Waals surface area (Å²) in [5.74, 6) is -0.429. The third-order valence-electron chi connectivity index (χ3n) is 4.99. The summed E-state index contributed by atoms with van der Waals surface area (Å²) in [4.78, 5) is 39.1. The second-order valence-corrected chi connectivity index (χ2v) is 9.51. The Balaban J connectivity index is 1.37. The third kappa shape index (κ3) is 7.06. The van der Waals surface area contributed by atoms with Crippen LogP contribution in [0, 0.1) is 0 Å². The van der Waals surface area contributed by atoms with Crippen molar-refractivity contribution in [1.82, 2.24) is 15.8 Å². The summed E-state index contributed by atoms with van der Waals surface area (Å²) in [5.41, 5.74) is 6.02. The lowest BCUT2D eigenvalue weighted by Gasteiger charge is -2.14. The quantitative estimate of drug-likeness (QED) is 0.219. The van der Waals surface area contributed by atoms with Crippen molar-refractivity contribution in [2.75, 3.05) is 13.7 Å². The zero-order valence-corrected chi connectivity index (χ0v) is 20.9. The van der Waals surface area contributed by atoms with Crippen LogP contribution in [0.2, 0.25) is 5.02 Å². The molecule has 1 heterocycles. The number of halogens is 1. The minimum absolute atomic E-state index is 0.109. The molecule has 0 radical (unpaired) electrons. The van der Waals surface area contributed by atoms with Crippen molar-refractivity contribution in [3.63, 3.8) is 0 Å². The predicted octanol–water partition coefficient (Wildman–Crippen LogP) is 4.57. The lowest BCUT2D eigenvalue weighted by molar-refractivity contribution is -0.123. The Morgan fingerprint density at radius 2 is 1.82 bits per heavy atom. The molecule has 0 unspecified atom stereocenters. The van der Waals surface area contributed by atoms with E-state index in [9.17, 15) is 14.4 Å². The summed E-state index contributed by atoms with van der Waals surface area (Å²) < 4.78 is 5.67. The number of ether oxygens (including phenoxy) is 1. The lowest BCUT2D eigenvalue weighted by Crippen LogP contribution is -2.41. The number of methoxy groups -OCH3 is 1. The van der Waals surface area contributed by atoms with Crippen molar-refractivity contribution >= 4 is 63.7 Å². The summed E-state index contributed by atoms with van der Waals surface area (Å²) in [6.07, 6.45) is 4.12. The van der Waals surface area contributed by atoms with Crippen LogP contribution in [0.15, 0.2) is 53.4 Å². The van der Waals surface area contributed by atoms with E-state index in [-0.39, 0.29) is 18.2 Å². The summed E-state index contributed by atoms with van der Waals surface area (Å²) in [5, 5.41) is 0.636. The number of nitrogens with zero attached hydrogens (tertiary/aromatic N) is 1. The van der Waals surface area contributed by atoms with Crippen LogP contribution in [0.25, 0.3) is 6.08 Å². The van der Waals surface area contributed by atoms with Gasteiger partial charge in [-0.25, -0.2) is 0 Å². The second-order valence-electron chi connectivity index (χ2n) is 7.40. The highest BCUT2D eigenvalue weighted by molar-refractivity contribution is 8.26. The molecule has 0 spiro atoms. The van der Waals surface area contributed by atoms with Gasteiger partial charge in [-0.05, 0) is 48.7 Å².